The highest BCUT2D eigenvalue weighted by atomic mass is 16.6. The summed E-state index contributed by atoms with van der Waals surface area (Å²) in [6, 6.07) is 5.29. The average Bonchev–Trinajstić information content (AvgIpc) is 2.61. The highest BCUT2D eigenvalue weighted by Crippen LogP contribution is 2.37. The molecule has 3 aliphatic rings. The Morgan fingerprint density at radius 2 is 1.88 bits per heavy atom. The fraction of sp³-hybridized carbons (Fsp3) is 0.706. The molecule has 0 aliphatic carbocycles. The molecule has 1 aromatic rings. The number of nitrogens with zero attached hydrogens (tertiary/aromatic N) is 2. The van der Waals surface area contributed by atoms with Crippen LogP contribution in [0.15, 0.2) is 23.0 Å². The van der Waals surface area contributed by atoms with Gasteiger partial charge in [-0.25, -0.2) is 0 Å². The van der Waals surface area contributed by atoms with Gasteiger partial charge in [0.25, 0.3) is 5.56 Å². The van der Waals surface area contributed by atoms with Gasteiger partial charge in [0.1, 0.15) is 30.6 Å². The molecule has 4 N–H and O–H groups in total. The number of rotatable bonds is 2. The molecule has 2 saturated heterocycles. The van der Waals surface area contributed by atoms with E-state index >= 15 is 0 Å². The Kier molecular flexibility index (Phi) is 4.43. The van der Waals surface area contributed by atoms with Gasteiger partial charge in [0.2, 0.25) is 0 Å². The lowest BCUT2D eigenvalue weighted by Gasteiger charge is -2.50. The number of fused-ring (bicyclic) bond motifs is 4. The van der Waals surface area contributed by atoms with E-state index in [9.17, 15) is 25.2 Å². The van der Waals surface area contributed by atoms with Crippen LogP contribution in [0.2, 0.25) is 0 Å². The number of ether oxygens (including phenoxy) is 1. The zero-order chi connectivity index (χ0) is 17.7. The molecule has 0 saturated carbocycles. The molecular formula is C17H24N2O6. The first-order valence-electron chi connectivity index (χ1n) is 8.74. The first-order chi connectivity index (χ1) is 12.0. The fourth-order valence-corrected chi connectivity index (χ4v) is 4.53. The van der Waals surface area contributed by atoms with E-state index in [2.05, 4.69) is 0 Å². The van der Waals surface area contributed by atoms with Gasteiger partial charge in [0.15, 0.2) is 0 Å². The summed E-state index contributed by atoms with van der Waals surface area (Å²) in [6.45, 7) is 1.41. The van der Waals surface area contributed by atoms with Gasteiger partial charge in [-0.15, -0.1) is 0 Å². The summed E-state index contributed by atoms with van der Waals surface area (Å²) in [7, 11) is 0. The van der Waals surface area contributed by atoms with E-state index < -0.39 is 37.3 Å². The van der Waals surface area contributed by atoms with Crippen LogP contribution in [0.3, 0.4) is 0 Å². The second kappa shape index (κ2) is 6.46. The van der Waals surface area contributed by atoms with Crippen LogP contribution >= 0.6 is 0 Å². The number of likely N-dealkylation sites (tertiary alicyclic amines) is 1. The van der Waals surface area contributed by atoms with Crippen molar-refractivity contribution in [3.8, 4) is 0 Å². The molecule has 7 atom stereocenters. The van der Waals surface area contributed by atoms with Crippen LogP contribution < -0.4 is 5.56 Å². The maximum Gasteiger partial charge on any atom is 0.250 e. The monoisotopic (exact) mass is 352 g/mol. The van der Waals surface area contributed by atoms with Crippen molar-refractivity contribution in [3.05, 3.63) is 34.2 Å². The molecule has 1 aromatic heterocycles. The highest BCUT2D eigenvalue weighted by molar-refractivity contribution is 5.17. The lowest BCUT2D eigenvalue weighted by Crippen LogP contribution is -2.65. The Bertz CT molecular complexity index is 692. The van der Waals surface area contributed by atoms with Gasteiger partial charge in [0.05, 0.1) is 6.61 Å². The second-order valence-corrected chi connectivity index (χ2v) is 7.37. The predicted octanol–water partition coefficient (Wildman–Crippen LogP) is -1.93. The fourth-order valence-electron chi connectivity index (χ4n) is 4.53. The van der Waals surface area contributed by atoms with Gasteiger partial charge in [0, 0.05) is 37.3 Å². The largest absolute Gasteiger partial charge is 0.394 e. The van der Waals surface area contributed by atoms with Gasteiger partial charge >= 0.3 is 0 Å². The molecule has 2 bridgehead atoms. The second-order valence-electron chi connectivity index (χ2n) is 7.37. The van der Waals surface area contributed by atoms with E-state index in [0.717, 1.165) is 12.1 Å². The lowest BCUT2D eigenvalue weighted by atomic mass is 9.82. The molecule has 7 unspecified atom stereocenters. The normalized spacial score (nSPS) is 41.4. The number of hydrogen-bond acceptors (Lipinski definition) is 7. The first-order valence-corrected chi connectivity index (χ1v) is 8.74. The van der Waals surface area contributed by atoms with E-state index in [0.29, 0.717) is 19.6 Å². The van der Waals surface area contributed by atoms with Crippen LogP contribution in [0.1, 0.15) is 18.0 Å². The minimum absolute atomic E-state index is 0.00786. The maximum atomic E-state index is 12.1. The molecule has 138 valence electrons. The summed E-state index contributed by atoms with van der Waals surface area (Å²) >= 11 is 0. The molecule has 8 heteroatoms. The van der Waals surface area contributed by atoms with Gasteiger partial charge in [-0.2, -0.15) is 0 Å². The third kappa shape index (κ3) is 2.83. The number of piperidine rings is 1. The third-order valence-electron chi connectivity index (χ3n) is 5.73. The first kappa shape index (κ1) is 17.1. The maximum absolute atomic E-state index is 12.1. The average molecular weight is 352 g/mol. The number of aliphatic hydroxyl groups is 4. The van der Waals surface area contributed by atoms with Crippen LogP contribution in [0.25, 0.3) is 0 Å². The number of pyridine rings is 1. The molecule has 2 fully saturated rings. The van der Waals surface area contributed by atoms with Gasteiger partial charge in [-0.1, -0.05) is 6.07 Å². The van der Waals surface area contributed by atoms with Crippen molar-refractivity contribution in [1.82, 2.24) is 9.47 Å². The molecule has 0 radical (unpaired) electrons. The van der Waals surface area contributed by atoms with Crippen LogP contribution in [0.5, 0.6) is 0 Å². The lowest BCUT2D eigenvalue weighted by molar-refractivity contribution is -0.269. The van der Waals surface area contributed by atoms with E-state index in [1.807, 2.05) is 15.5 Å². The summed E-state index contributed by atoms with van der Waals surface area (Å²) in [5.74, 6) is 0.396. The van der Waals surface area contributed by atoms with Gasteiger partial charge in [-0.3, -0.25) is 9.69 Å². The topological polar surface area (TPSA) is 115 Å². The molecule has 8 nitrogen and oxygen atoms in total. The molecular weight excluding hydrogens is 328 g/mol. The molecule has 4 heterocycles. The minimum Gasteiger partial charge on any atom is -0.394 e. The molecule has 3 aliphatic heterocycles. The minimum atomic E-state index is -1.37. The van der Waals surface area contributed by atoms with Crippen molar-refractivity contribution >= 4 is 0 Å². The van der Waals surface area contributed by atoms with Crippen LogP contribution in [0, 0.1) is 5.92 Å². The Labute approximate surface area is 144 Å². The van der Waals surface area contributed by atoms with Gasteiger partial charge < -0.3 is 29.7 Å². The quantitative estimate of drug-likeness (QED) is 0.490. The number of aliphatic hydroxyl groups excluding tert-OH is 4. The summed E-state index contributed by atoms with van der Waals surface area (Å²) in [4.78, 5) is 14.0. The smallest absolute Gasteiger partial charge is 0.250 e. The SMILES string of the molecule is O=c1cccc2n1CC1CC2CN(C2OC(CO)C(O)C(O)C2O)C1. The van der Waals surface area contributed by atoms with Crippen LogP contribution in [0.4, 0.5) is 0 Å². The van der Waals surface area contributed by atoms with Crippen molar-refractivity contribution < 1.29 is 25.2 Å². The van der Waals surface area contributed by atoms with E-state index in [4.69, 9.17) is 4.74 Å². The number of aromatic nitrogens is 1. The standard InChI is InChI=1S/C17H24N2O6/c20-8-12-14(22)15(23)16(24)17(25-12)18-5-9-4-10(7-18)11-2-1-3-13(21)19(11)6-9/h1-3,9-10,12,14-17,20,22-24H,4-8H2. The Morgan fingerprint density at radius 3 is 2.64 bits per heavy atom. The Morgan fingerprint density at radius 1 is 1.08 bits per heavy atom. The van der Waals surface area contributed by atoms with E-state index in [1.165, 1.54) is 0 Å². The van der Waals surface area contributed by atoms with Crippen LogP contribution in [-0.4, -0.2) is 80.2 Å². The third-order valence-corrected chi connectivity index (χ3v) is 5.73. The van der Waals surface area contributed by atoms with E-state index in [1.54, 1.807) is 12.1 Å². The molecule has 0 spiro atoms. The predicted molar refractivity (Wildman–Crippen MR) is 86.9 cm³/mol. The van der Waals surface area contributed by atoms with Crippen molar-refractivity contribution in [2.24, 2.45) is 5.92 Å². The van der Waals surface area contributed by atoms with Crippen LogP contribution in [-0.2, 0) is 11.3 Å². The molecule has 0 aromatic carbocycles. The summed E-state index contributed by atoms with van der Waals surface area (Å²) in [5, 5.41) is 39.7. The summed E-state index contributed by atoms with van der Waals surface area (Å²) < 4.78 is 7.52. The van der Waals surface area contributed by atoms with Crippen molar-refractivity contribution in [1.29, 1.82) is 0 Å². The van der Waals surface area contributed by atoms with Crippen molar-refractivity contribution in [2.45, 2.75) is 49.5 Å². The van der Waals surface area contributed by atoms with E-state index in [-0.39, 0.29) is 17.4 Å². The van der Waals surface area contributed by atoms with Crippen molar-refractivity contribution in [3.63, 3.8) is 0 Å². The van der Waals surface area contributed by atoms with Crippen molar-refractivity contribution in [2.75, 3.05) is 19.7 Å². The summed E-state index contributed by atoms with van der Waals surface area (Å²) in [6.07, 6.45) is -4.69. The Balaban J connectivity index is 1.58. The van der Waals surface area contributed by atoms with Gasteiger partial charge in [-0.05, 0) is 18.4 Å². The Hall–Kier alpha value is -1.29. The molecule has 0 amide bonds. The highest BCUT2D eigenvalue weighted by Gasteiger charge is 2.48. The molecule has 4 rings (SSSR count). The zero-order valence-corrected chi connectivity index (χ0v) is 13.8. The molecule has 25 heavy (non-hydrogen) atoms. The number of hydrogen-bond donors (Lipinski definition) is 4. The zero-order valence-electron chi connectivity index (χ0n) is 13.8. The summed E-state index contributed by atoms with van der Waals surface area (Å²) in [5.41, 5.74) is 0.992.